The van der Waals surface area contributed by atoms with Crippen LogP contribution in [0.4, 0.5) is 4.39 Å². The van der Waals surface area contributed by atoms with Crippen molar-refractivity contribution < 1.29 is 8.81 Å². The summed E-state index contributed by atoms with van der Waals surface area (Å²) in [7, 11) is 0. The van der Waals surface area contributed by atoms with E-state index in [4.69, 9.17) is 10.3 Å². The summed E-state index contributed by atoms with van der Waals surface area (Å²) in [6, 6.07) is 11.7. The van der Waals surface area contributed by atoms with Gasteiger partial charge in [-0.2, -0.15) is 0 Å². The Morgan fingerprint density at radius 2 is 1.95 bits per heavy atom. The zero-order chi connectivity index (χ0) is 15.0. The topological polar surface area (TPSA) is 51.2 Å². The molecule has 0 spiro atoms. The van der Waals surface area contributed by atoms with Crippen molar-refractivity contribution >= 4 is 42.8 Å². The molecule has 2 aromatic carbocycles. The zero-order valence-electron chi connectivity index (χ0n) is 10.7. The molecular weight excluding hydrogens is 403 g/mol. The third-order valence-electron chi connectivity index (χ3n) is 3.24. The highest BCUT2D eigenvalue weighted by molar-refractivity contribution is 9.11. The van der Waals surface area contributed by atoms with Crippen LogP contribution in [0.25, 0.3) is 11.0 Å². The maximum atomic E-state index is 14.1. The summed E-state index contributed by atoms with van der Waals surface area (Å²) in [4.78, 5) is 0. The van der Waals surface area contributed by atoms with Crippen molar-refractivity contribution in [1.29, 1.82) is 0 Å². The van der Waals surface area contributed by atoms with Gasteiger partial charge in [-0.3, -0.25) is 5.84 Å². The second-order valence-corrected chi connectivity index (χ2v) is 6.34. The van der Waals surface area contributed by atoms with Crippen LogP contribution in [-0.2, 0) is 0 Å². The van der Waals surface area contributed by atoms with Crippen LogP contribution in [0.1, 0.15) is 17.4 Å². The lowest BCUT2D eigenvalue weighted by Crippen LogP contribution is -2.29. The molecule has 21 heavy (non-hydrogen) atoms. The first-order chi connectivity index (χ1) is 10.1. The Morgan fingerprint density at radius 3 is 2.67 bits per heavy atom. The zero-order valence-corrected chi connectivity index (χ0v) is 13.9. The average Bonchev–Trinajstić information content (AvgIpc) is 2.89. The maximum Gasteiger partial charge on any atom is 0.148 e. The minimum Gasteiger partial charge on any atom is -0.458 e. The number of hydrogen-bond acceptors (Lipinski definition) is 3. The fourth-order valence-corrected chi connectivity index (χ4v) is 3.09. The number of benzene rings is 2. The molecule has 1 aromatic heterocycles. The number of hydrogen-bond donors (Lipinski definition) is 2. The Labute approximate surface area is 137 Å². The molecule has 0 saturated carbocycles. The van der Waals surface area contributed by atoms with Crippen LogP contribution in [0.2, 0.25) is 0 Å². The first-order valence-electron chi connectivity index (χ1n) is 6.19. The smallest absolute Gasteiger partial charge is 0.148 e. The Morgan fingerprint density at radius 1 is 1.14 bits per heavy atom. The van der Waals surface area contributed by atoms with Gasteiger partial charge in [0.25, 0.3) is 0 Å². The normalized spacial score (nSPS) is 12.8. The molecule has 0 fully saturated rings. The van der Waals surface area contributed by atoms with E-state index in [1.165, 1.54) is 6.07 Å². The van der Waals surface area contributed by atoms with E-state index in [0.29, 0.717) is 16.9 Å². The Bertz CT molecular complexity index is 803. The molecule has 0 bridgehead atoms. The number of furan rings is 1. The Hall–Kier alpha value is -1.21. The van der Waals surface area contributed by atoms with Crippen molar-refractivity contribution in [2.75, 3.05) is 0 Å². The van der Waals surface area contributed by atoms with E-state index < -0.39 is 6.04 Å². The number of para-hydroxylation sites is 1. The van der Waals surface area contributed by atoms with Crippen molar-refractivity contribution in [2.24, 2.45) is 5.84 Å². The summed E-state index contributed by atoms with van der Waals surface area (Å²) in [5, 5.41) is 0.926. The molecule has 108 valence electrons. The highest BCUT2D eigenvalue weighted by Gasteiger charge is 2.21. The molecule has 3 aromatic rings. The van der Waals surface area contributed by atoms with Gasteiger partial charge >= 0.3 is 0 Å². The van der Waals surface area contributed by atoms with Gasteiger partial charge in [-0.1, -0.05) is 28.1 Å². The van der Waals surface area contributed by atoms with Gasteiger partial charge in [0.2, 0.25) is 0 Å². The number of nitrogens with one attached hydrogen (secondary N) is 1. The van der Waals surface area contributed by atoms with Crippen molar-refractivity contribution in [3.63, 3.8) is 0 Å². The molecule has 1 unspecified atom stereocenters. The highest BCUT2D eigenvalue weighted by Crippen LogP contribution is 2.33. The molecule has 0 aliphatic carbocycles. The molecule has 0 saturated heterocycles. The first kappa shape index (κ1) is 14.7. The lowest BCUT2D eigenvalue weighted by Gasteiger charge is -2.14. The first-order valence-corrected chi connectivity index (χ1v) is 7.78. The lowest BCUT2D eigenvalue weighted by molar-refractivity contribution is 0.462. The van der Waals surface area contributed by atoms with Gasteiger partial charge in [-0.15, -0.1) is 0 Å². The molecule has 0 aliphatic rings. The monoisotopic (exact) mass is 412 g/mol. The predicted octanol–water partition coefficient (Wildman–Crippen LogP) is 4.65. The SMILES string of the molecule is NNC(c1cc2cccc(Br)c2o1)c1cc(Br)ccc1F. The van der Waals surface area contributed by atoms with Gasteiger partial charge in [0, 0.05) is 15.4 Å². The van der Waals surface area contributed by atoms with Crippen LogP contribution in [0.3, 0.4) is 0 Å². The molecule has 3 rings (SSSR count). The van der Waals surface area contributed by atoms with Crippen LogP contribution < -0.4 is 11.3 Å². The standard InChI is InChI=1S/C15H11Br2FN2O/c16-9-4-5-12(18)10(7-9)14(20-19)13-6-8-2-1-3-11(17)15(8)21-13/h1-7,14,20H,19H2. The average molecular weight is 414 g/mol. The molecule has 0 radical (unpaired) electrons. The van der Waals surface area contributed by atoms with Gasteiger partial charge in [-0.05, 0) is 46.3 Å². The second kappa shape index (κ2) is 5.88. The number of fused-ring (bicyclic) bond motifs is 1. The summed E-state index contributed by atoms with van der Waals surface area (Å²) in [6.07, 6.45) is 0. The van der Waals surface area contributed by atoms with Gasteiger partial charge < -0.3 is 4.42 Å². The largest absolute Gasteiger partial charge is 0.458 e. The fourth-order valence-electron chi connectivity index (χ4n) is 2.25. The van der Waals surface area contributed by atoms with Gasteiger partial charge in [0.15, 0.2) is 0 Å². The molecule has 1 heterocycles. The Balaban J connectivity index is 2.13. The molecule has 3 N–H and O–H groups in total. The predicted molar refractivity (Wildman–Crippen MR) is 87.2 cm³/mol. The van der Waals surface area contributed by atoms with E-state index in [2.05, 4.69) is 37.3 Å². The Kier molecular flexibility index (Phi) is 4.12. The van der Waals surface area contributed by atoms with Crippen LogP contribution in [0.15, 0.2) is 55.8 Å². The quantitative estimate of drug-likeness (QED) is 0.485. The molecule has 6 heteroatoms. The summed E-state index contributed by atoms with van der Waals surface area (Å²) >= 11 is 6.78. The molecule has 0 amide bonds. The summed E-state index contributed by atoms with van der Waals surface area (Å²) in [6.45, 7) is 0. The fraction of sp³-hybridized carbons (Fsp3) is 0.0667. The third kappa shape index (κ3) is 2.76. The molecular formula is C15H11Br2FN2O. The van der Waals surface area contributed by atoms with E-state index in [0.717, 1.165) is 14.3 Å². The van der Waals surface area contributed by atoms with Crippen LogP contribution in [-0.4, -0.2) is 0 Å². The van der Waals surface area contributed by atoms with E-state index in [1.807, 2.05) is 24.3 Å². The van der Waals surface area contributed by atoms with Gasteiger partial charge in [-0.25, -0.2) is 9.82 Å². The summed E-state index contributed by atoms with van der Waals surface area (Å²) in [5.41, 5.74) is 3.74. The van der Waals surface area contributed by atoms with E-state index in [-0.39, 0.29) is 5.82 Å². The highest BCUT2D eigenvalue weighted by atomic mass is 79.9. The molecule has 3 nitrogen and oxygen atoms in total. The number of halogens is 3. The maximum absolute atomic E-state index is 14.1. The minimum absolute atomic E-state index is 0.347. The van der Waals surface area contributed by atoms with Crippen LogP contribution in [0, 0.1) is 5.82 Å². The van der Waals surface area contributed by atoms with Crippen LogP contribution >= 0.6 is 31.9 Å². The van der Waals surface area contributed by atoms with Crippen molar-refractivity contribution in [2.45, 2.75) is 6.04 Å². The van der Waals surface area contributed by atoms with E-state index in [9.17, 15) is 4.39 Å². The lowest BCUT2D eigenvalue weighted by atomic mass is 10.0. The van der Waals surface area contributed by atoms with Crippen LogP contribution in [0.5, 0.6) is 0 Å². The summed E-state index contributed by atoms with van der Waals surface area (Å²) in [5.74, 6) is 5.82. The second-order valence-electron chi connectivity index (χ2n) is 4.57. The number of hydrazine groups is 1. The van der Waals surface area contributed by atoms with E-state index in [1.54, 1.807) is 12.1 Å². The molecule has 1 atom stereocenters. The van der Waals surface area contributed by atoms with Gasteiger partial charge in [0.1, 0.15) is 23.2 Å². The van der Waals surface area contributed by atoms with Crippen molar-refractivity contribution in [1.82, 2.24) is 5.43 Å². The molecule has 0 aliphatic heterocycles. The minimum atomic E-state index is -0.568. The van der Waals surface area contributed by atoms with Crippen molar-refractivity contribution in [3.8, 4) is 0 Å². The summed E-state index contributed by atoms with van der Waals surface area (Å²) < 4.78 is 21.5. The van der Waals surface area contributed by atoms with E-state index >= 15 is 0 Å². The number of rotatable bonds is 3. The van der Waals surface area contributed by atoms with Crippen molar-refractivity contribution in [3.05, 3.63) is 68.6 Å². The third-order valence-corrected chi connectivity index (χ3v) is 4.35. The number of nitrogens with two attached hydrogens (primary N) is 1. The van der Waals surface area contributed by atoms with Gasteiger partial charge in [0.05, 0.1) is 4.47 Å².